The average Bonchev–Trinajstić information content (AvgIpc) is 2.48. The number of carboxylic acid groups (broad SMARTS) is 1. The second kappa shape index (κ2) is 14.8. The molecule has 0 saturated carbocycles. The molecule has 0 aliphatic carbocycles. The van der Waals surface area contributed by atoms with Gasteiger partial charge in [0, 0.05) is 6.42 Å². The molecule has 3 N–H and O–H groups in total. The van der Waals surface area contributed by atoms with Crippen LogP contribution in [-0.2, 0) is 4.79 Å². The molecule has 0 saturated heterocycles. The Bertz CT molecular complexity index is 323. The van der Waals surface area contributed by atoms with Gasteiger partial charge in [-0.2, -0.15) is 0 Å². The molecule has 22 heavy (non-hydrogen) atoms. The summed E-state index contributed by atoms with van der Waals surface area (Å²) < 4.78 is 0. The fourth-order valence-corrected chi connectivity index (χ4v) is 2.12. The van der Waals surface area contributed by atoms with Crippen LogP contribution in [0.5, 0.6) is 0 Å². The van der Waals surface area contributed by atoms with Crippen molar-refractivity contribution < 1.29 is 20.1 Å². The summed E-state index contributed by atoms with van der Waals surface area (Å²) in [7, 11) is 0. The molecule has 0 aliphatic heterocycles. The second-order valence-corrected chi connectivity index (χ2v) is 5.68. The lowest BCUT2D eigenvalue weighted by Crippen LogP contribution is -2.25. The molecule has 0 heterocycles. The largest absolute Gasteiger partial charge is 0.481 e. The van der Waals surface area contributed by atoms with Crippen molar-refractivity contribution in [3.63, 3.8) is 0 Å². The molecule has 0 spiro atoms. The minimum Gasteiger partial charge on any atom is -0.481 e. The van der Waals surface area contributed by atoms with Crippen molar-refractivity contribution in [2.24, 2.45) is 0 Å². The van der Waals surface area contributed by atoms with Gasteiger partial charge in [-0.1, -0.05) is 50.5 Å². The van der Waals surface area contributed by atoms with E-state index >= 15 is 0 Å². The Balaban J connectivity index is 3.57. The first-order chi connectivity index (χ1) is 10.6. The van der Waals surface area contributed by atoms with Gasteiger partial charge in [0.05, 0.1) is 12.2 Å². The van der Waals surface area contributed by atoms with Crippen LogP contribution < -0.4 is 0 Å². The number of carboxylic acids is 1. The highest BCUT2D eigenvalue weighted by atomic mass is 16.4. The number of hydrogen-bond donors (Lipinski definition) is 3. The number of unbranched alkanes of at least 4 members (excludes halogenated alkanes) is 4. The second-order valence-electron chi connectivity index (χ2n) is 5.68. The van der Waals surface area contributed by atoms with E-state index in [0.29, 0.717) is 12.8 Å². The van der Waals surface area contributed by atoms with Crippen LogP contribution in [0, 0.1) is 0 Å². The number of allylic oxidation sites excluding steroid dienone is 3. The van der Waals surface area contributed by atoms with E-state index in [2.05, 4.69) is 13.0 Å². The maximum absolute atomic E-state index is 10.3. The van der Waals surface area contributed by atoms with Crippen LogP contribution in [0.25, 0.3) is 0 Å². The SMILES string of the molecule is CCCCCC(O)C(O)C/C=C\C/C=C\CCCCC(=O)O. The minimum absolute atomic E-state index is 0.242. The molecule has 0 aromatic carbocycles. The summed E-state index contributed by atoms with van der Waals surface area (Å²) in [5, 5.41) is 28.1. The lowest BCUT2D eigenvalue weighted by Gasteiger charge is -2.15. The van der Waals surface area contributed by atoms with E-state index in [4.69, 9.17) is 5.11 Å². The van der Waals surface area contributed by atoms with Crippen molar-refractivity contribution in [3.8, 4) is 0 Å². The van der Waals surface area contributed by atoms with Crippen molar-refractivity contribution >= 4 is 5.97 Å². The van der Waals surface area contributed by atoms with E-state index in [9.17, 15) is 15.0 Å². The third-order valence-electron chi connectivity index (χ3n) is 3.54. The quantitative estimate of drug-likeness (QED) is 0.336. The number of aliphatic hydroxyl groups is 2. The van der Waals surface area contributed by atoms with Gasteiger partial charge in [0.25, 0.3) is 0 Å². The van der Waals surface area contributed by atoms with E-state index in [1.54, 1.807) is 0 Å². The summed E-state index contributed by atoms with van der Waals surface area (Å²) in [5.74, 6) is -0.734. The van der Waals surface area contributed by atoms with Gasteiger partial charge < -0.3 is 15.3 Å². The van der Waals surface area contributed by atoms with Gasteiger partial charge in [0.2, 0.25) is 0 Å². The minimum atomic E-state index is -0.734. The fourth-order valence-electron chi connectivity index (χ4n) is 2.12. The molecular formula is C18H32O4. The Kier molecular flexibility index (Phi) is 14.0. The Morgan fingerprint density at radius 1 is 0.955 bits per heavy atom. The van der Waals surface area contributed by atoms with E-state index in [1.807, 2.05) is 18.2 Å². The molecule has 0 radical (unpaired) electrons. The molecule has 0 aromatic heterocycles. The van der Waals surface area contributed by atoms with Gasteiger partial charge in [0.15, 0.2) is 0 Å². The first kappa shape index (κ1) is 20.9. The summed E-state index contributed by atoms with van der Waals surface area (Å²) >= 11 is 0. The predicted octanol–water partition coefficient (Wildman–Crippen LogP) is 3.83. The molecule has 2 unspecified atom stereocenters. The predicted molar refractivity (Wildman–Crippen MR) is 89.8 cm³/mol. The molecule has 128 valence electrons. The molecule has 4 nitrogen and oxygen atoms in total. The third kappa shape index (κ3) is 13.8. The molecule has 0 rings (SSSR count). The van der Waals surface area contributed by atoms with Crippen molar-refractivity contribution in [3.05, 3.63) is 24.3 Å². The van der Waals surface area contributed by atoms with E-state index < -0.39 is 18.2 Å². The zero-order valence-electron chi connectivity index (χ0n) is 13.8. The van der Waals surface area contributed by atoms with Gasteiger partial charge >= 0.3 is 5.97 Å². The number of carbonyl (C=O) groups is 1. The monoisotopic (exact) mass is 312 g/mol. The fraction of sp³-hybridized carbons (Fsp3) is 0.722. The summed E-state index contributed by atoms with van der Waals surface area (Å²) in [5.41, 5.74) is 0. The topological polar surface area (TPSA) is 77.8 Å². The third-order valence-corrected chi connectivity index (χ3v) is 3.54. The van der Waals surface area contributed by atoms with Crippen LogP contribution in [0.1, 0.15) is 71.1 Å². The number of hydrogen-bond acceptors (Lipinski definition) is 3. The van der Waals surface area contributed by atoms with Crippen LogP contribution in [0.4, 0.5) is 0 Å². The average molecular weight is 312 g/mol. The highest BCUT2D eigenvalue weighted by Gasteiger charge is 2.13. The zero-order chi connectivity index (χ0) is 16.6. The Morgan fingerprint density at radius 2 is 1.68 bits per heavy atom. The number of aliphatic carboxylic acids is 1. The summed E-state index contributed by atoms with van der Waals surface area (Å²) in [6.07, 6.45) is 14.6. The van der Waals surface area contributed by atoms with Gasteiger partial charge in [-0.05, 0) is 38.5 Å². The van der Waals surface area contributed by atoms with Crippen LogP contribution in [0.15, 0.2) is 24.3 Å². The molecule has 2 atom stereocenters. The maximum atomic E-state index is 10.3. The van der Waals surface area contributed by atoms with Crippen molar-refractivity contribution in [2.45, 2.75) is 83.3 Å². The highest BCUT2D eigenvalue weighted by Crippen LogP contribution is 2.10. The lowest BCUT2D eigenvalue weighted by atomic mass is 10.0. The normalized spacial score (nSPS) is 14.7. The smallest absolute Gasteiger partial charge is 0.303 e. The lowest BCUT2D eigenvalue weighted by molar-refractivity contribution is -0.137. The van der Waals surface area contributed by atoms with Crippen LogP contribution in [-0.4, -0.2) is 33.5 Å². The maximum Gasteiger partial charge on any atom is 0.303 e. The molecule has 0 fully saturated rings. The van der Waals surface area contributed by atoms with Crippen LogP contribution in [0.2, 0.25) is 0 Å². The first-order valence-electron chi connectivity index (χ1n) is 8.45. The molecule has 0 bridgehead atoms. The van der Waals surface area contributed by atoms with Crippen molar-refractivity contribution in [1.82, 2.24) is 0 Å². The van der Waals surface area contributed by atoms with Crippen molar-refractivity contribution in [1.29, 1.82) is 0 Å². The summed E-state index contributed by atoms with van der Waals surface area (Å²) in [4.78, 5) is 10.3. The number of rotatable bonds is 14. The van der Waals surface area contributed by atoms with Gasteiger partial charge in [-0.15, -0.1) is 0 Å². The van der Waals surface area contributed by atoms with Crippen molar-refractivity contribution in [2.75, 3.05) is 0 Å². The molecule has 0 aliphatic rings. The Morgan fingerprint density at radius 3 is 2.36 bits per heavy atom. The molecule has 0 aromatic rings. The zero-order valence-corrected chi connectivity index (χ0v) is 13.8. The Labute approximate surface area is 134 Å². The summed E-state index contributed by atoms with van der Waals surface area (Å²) in [6, 6.07) is 0. The van der Waals surface area contributed by atoms with E-state index in [-0.39, 0.29) is 6.42 Å². The van der Waals surface area contributed by atoms with E-state index in [1.165, 1.54) is 0 Å². The van der Waals surface area contributed by atoms with Gasteiger partial charge in [-0.25, -0.2) is 0 Å². The number of aliphatic hydroxyl groups excluding tert-OH is 2. The molecular weight excluding hydrogens is 280 g/mol. The molecule has 4 heteroatoms. The highest BCUT2D eigenvalue weighted by molar-refractivity contribution is 5.66. The van der Waals surface area contributed by atoms with Gasteiger partial charge in [-0.3, -0.25) is 4.79 Å². The van der Waals surface area contributed by atoms with Crippen LogP contribution in [0.3, 0.4) is 0 Å². The standard InChI is InChI=1S/C18H32O4/c1-2-3-10-13-16(19)17(20)14-11-8-6-4-5-7-9-12-15-18(21)22/h4-5,8,11,16-17,19-20H,2-3,6-7,9-10,12-15H2,1H3,(H,21,22)/b5-4-,11-8-. The Hall–Kier alpha value is -1.13. The van der Waals surface area contributed by atoms with Gasteiger partial charge in [0.1, 0.15) is 0 Å². The van der Waals surface area contributed by atoms with Crippen LogP contribution >= 0.6 is 0 Å². The van der Waals surface area contributed by atoms with E-state index in [0.717, 1.165) is 44.9 Å². The molecule has 0 amide bonds. The summed E-state index contributed by atoms with van der Waals surface area (Å²) in [6.45, 7) is 2.12. The first-order valence-corrected chi connectivity index (χ1v) is 8.45.